The molecule has 0 amide bonds. The van der Waals surface area contributed by atoms with Gasteiger partial charge in [0, 0.05) is 3.57 Å². The van der Waals surface area contributed by atoms with E-state index in [4.69, 9.17) is 10.8 Å². The van der Waals surface area contributed by atoms with E-state index in [-0.39, 0.29) is 25.1 Å². The lowest BCUT2D eigenvalue weighted by Gasteiger charge is -2.09. The maximum atomic E-state index is 8.78. The molecule has 2 nitrogen and oxygen atoms in total. The highest BCUT2D eigenvalue weighted by Crippen LogP contribution is 2.16. The lowest BCUT2D eigenvalue weighted by atomic mass is 10.1. The average molecular weight is 300 g/mol. The molecule has 0 spiro atoms. The van der Waals surface area contributed by atoms with Gasteiger partial charge in [0.25, 0.3) is 0 Å². The van der Waals surface area contributed by atoms with Crippen LogP contribution >= 0.6 is 35.0 Å². The molecule has 1 atom stereocenters. The molecule has 1 unspecified atom stereocenters. The van der Waals surface area contributed by atoms with E-state index in [0.29, 0.717) is 0 Å². The zero-order valence-corrected chi connectivity index (χ0v) is 9.38. The maximum Gasteiger partial charge on any atom is 0.0624 e. The van der Waals surface area contributed by atoms with Crippen molar-refractivity contribution in [3.8, 4) is 0 Å². The fraction of sp³-hybridized carbons (Fsp3) is 0.250. The minimum Gasteiger partial charge on any atom is -0.394 e. The zero-order valence-electron chi connectivity index (χ0n) is 6.40. The number of aliphatic hydroxyl groups excluding tert-OH is 1. The van der Waals surface area contributed by atoms with Crippen molar-refractivity contribution in [1.82, 2.24) is 0 Å². The van der Waals surface area contributed by atoms with Crippen molar-refractivity contribution in [3.05, 3.63) is 33.4 Å². The number of nitrogens with two attached hydrogens (primary N) is 1. The molecule has 4 heteroatoms. The summed E-state index contributed by atoms with van der Waals surface area (Å²) in [5, 5.41) is 8.78. The Morgan fingerprint density at radius 3 is 2.50 bits per heavy atom. The third-order valence-electron chi connectivity index (χ3n) is 1.50. The first-order chi connectivity index (χ1) is 5.25. The number of benzene rings is 1. The van der Waals surface area contributed by atoms with E-state index in [1.165, 1.54) is 0 Å². The van der Waals surface area contributed by atoms with Gasteiger partial charge in [-0.15, -0.1) is 12.4 Å². The van der Waals surface area contributed by atoms with Crippen molar-refractivity contribution in [2.45, 2.75) is 6.04 Å². The molecule has 0 radical (unpaired) electrons. The summed E-state index contributed by atoms with van der Waals surface area (Å²) in [4.78, 5) is 0. The smallest absolute Gasteiger partial charge is 0.0624 e. The van der Waals surface area contributed by atoms with Gasteiger partial charge in [-0.2, -0.15) is 0 Å². The Balaban J connectivity index is 0.00000121. The molecule has 0 aliphatic carbocycles. The summed E-state index contributed by atoms with van der Waals surface area (Å²) in [6, 6.07) is 7.54. The molecule has 0 aliphatic heterocycles. The molecule has 0 heterocycles. The van der Waals surface area contributed by atoms with E-state index < -0.39 is 0 Å². The van der Waals surface area contributed by atoms with Crippen LogP contribution in [0.2, 0.25) is 0 Å². The van der Waals surface area contributed by atoms with Crippen LogP contribution in [0.1, 0.15) is 11.6 Å². The first kappa shape index (κ1) is 12.2. The molecule has 3 N–H and O–H groups in total. The van der Waals surface area contributed by atoms with Crippen LogP contribution in [0.5, 0.6) is 0 Å². The van der Waals surface area contributed by atoms with Gasteiger partial charge in [-0.25, -0.2) is 0 Å². The predicted molar refractivity (Wildman–Crippen MR) is 60.4 cm³/mol. The molecule has 0 saturated carbocycles. The molecular formula is C8H11ClINO. The Hall–Kier alpha value is 0.160. The van der Waals surface area contributed by atoms with Gasteiger partial charge in [0.1, 0.15) is 0 Å². The zero-order chi connectivity index (χ0) is 8.27. The summed E-state index contributed by atoms with van der Waals surface area (Å²) >= 11 is 2.21. The van der Waals surface area contributed by atoms with Crippen LogP contribution in [0, 0.1) is 3.57 Å². The quantitative estimate of drug-likeness (QED) is 0.817. The number of aliphatic hydroxyl groups is 1. The van der Waals surface area contributed by atoms with Crippen LogP contribution in [0.25, 0.3) is 0 Å². The monoisotopic (exact) mass is 299 g/mol. The largest absolute Gasteiger partial charge is 0.394 e. The molecule has 68 valence electrons. The number of rotatable bonds is 2. The summed E-state index contributed by atoms with van der Waals surface area (Å²) in [5.41, 5.74) is 6.65. The number of hydrogen-bond donors (Lipinski definition) is 2. The van der Waals surface area contributed by atoms with Crippen molar-refractivity contribution in [2.24, 2.45) is 5.73 Å². The fourth-order valence-electron chi connectivity index (χ4n) is 0.874. The lowest BCUT2D eigenvalue weighted by molar-refractivity contribution is 0.267. The van der Waals surface area contributed by atoms with Gasteiger partial charge in [-0.1, -0.05) is 18.2 Å². The molecule has 0 saturated heterocycles. The maximum absolute atomic E-state index is 8.78. The van der Waals surface area contributed by atoms with Crippen molar-refractivity contribution in [3.63, 3.8) is 0 Å². The molecule has 1 aromatic rings. The fourth-order valence-corrected chi connectivity index (χ4v) is 1.66. The van der Waals surface area contributed by atoms with Gasteiger partial charge in [-0.3, -0.25) is 0 Å². The lowest BCUT2D eigenvalue weighted by Crippen LogP contribution is -2.15. The third-order valence-corrected chi connectivity index (χ3v) is 2.48. The van der Waals surface area contributed by atoms with Crippen LogP contribution in [0.3, 0.4) is 0 Å². The summed E-state index contributed by atoms with van der Waals surface area (Å²) in [6.07, 6.45) is 0. The van der Waals surface area contributed by atoms with Gasteiger partial charge in [-0.05, 0) is 34.2 Å². The van der Waals surface area contributed by atoms with Crippen molar-refractivity contribution < 1.29 is 5.11 Å². The summed E-state index contributed by atoms with van der Waals surface area (Å²) < 4.78 is 1.10. The van der Waals surface area contributed by atoms with E-state index in [1.807, 2.05) is 24.3 Å². The second kappa shape index (κ2) is 5.75. The van der Waals surface area contributed by atoms with Crippen LogP contribution < -0.4 is 5.73 Å². The molecule has 1 aromatic carbocycles. The molecule has 0 bridgehead atoms. The van der Waals surface area contributed by atoms with E-state index in [2.05, 4.69) is 22.6 Å². The van der Waals surface area contributed by atoms with Gasteiger partial charge >= 0.3 is 0 Å². The van der Waals surface area contributed by atoms with Gasteiger partial charge in [0.15, 0.2) is 0 Å². The van der Waals surface area contributed by atoms with E-state index in [0.717, 1.165) is 9.13 Å². The topological polar surface area (TPSA) is 46.2 Å². The normalized spacial score (nSPS) is 11.9. The van der Waals surface area contributed by atoms with Crippen molar-refractivity contribution in [1.29, 1.82) is 0 Å². The van der Waals surface area contributed by atoms with Crippen LogP contribution in [-0.2, 0) is 0 Å². The summed E-state index contributed by atoms with van der Waals surface area (Å²) in [6.45, 7) is 0.0000148. The average Bonchev–Trinajstić information content (AvgIpc) is 2.04. The standard InChI is InChI=1S/C8H10INO.ClH/c9-7-4-2-1-3-6(7)8(10)5-11;/h1-4,8,11H,5,10H2;1H. The second-order valence-corrected chi connectivity index (χ2v) is 3.47. The Morgan fingerprint density at radius 2 is 2.00 bits per heavy atom. The second-order valence-electron chi connectivity index (χ2n) is 2.31. The van der Waals surface area contributed by atoms with E-state index >= 15 is 0 Å². The minimum atomic E-state index is -0.247. The first-order valence-corrected chi connectivity index (χ1v) is 4.44. The molecule has 0 aliphatic rings. The molecule has 1 rings (SSSR count). The van der Waals surface area contributed by atoms with Gasteiger partial charge in [0.05, 0.1) is 12.6 Å². The Bertz CT molecular complexity index is 244. The third kappa shape index (κ3) is 2.90. The van der Waals surface area contributed by atoms with Gasteiger partial charge in [0.2, 0.25) is 0 Å². The SMILES string of the molecule is Cl.NC(CO)c1ccccc1I. The Kier molecular flexibility index (Phi) is 5.82. The number of hydrogen-bond acceptors (Lipinski definition) is 2. The van der Waals surface area contributed by atoms with Crippen LogP contribution in [-0.4, -0.2) is 11.7 Å². The van der Waals surface area contributed by atoms with Crippen molar-refractivity contribution in [2.75, 3.05) is 6.61 Å². The molecule has 0 fully saturated rings. The first-order valence-electron chi connectivity index (χ1n) is 3.36. The minimum absolute atomic E-state index is 0. The highest BCUT2D eigenvalue weighted by Gasteiger charge is 2.06. The van der Waals surface area contributed by atoms with Crippen LogP contribution in [0.15, 0.2) is 24.3 Å². The molecule has 12 heavy (non-hydrogen) atoms. The highest BCUT2D eigenvalue weighted by atomic mass is 127. The van der Waals surface area contributed by atoms with E-state index in [9.17, 15) is 0 Å². The molecular weight excluding hydrogens is 288 g/mol. The highest BCUT2D eigenvalue weighted by molar-refractivity contribution is 14.1. The van der Waals surface area contributed by atoms with Crippen LogP contribution in [0.4, 0.5) is 0 Å². The number of halogens is 2. The van der Waals surface area contributed by atoms with E-state index in [1.54, 1.807) is 0 Å². The summed E-state index contributed by atoms with van der Waals surface area (Å²) in [5.74, 6) is 0. The van der Waals surface area contributed by atoms with Crippen molar-refractivity contribution >= 4 is 35.0 Å². The predicted octanol–water partition coefficient (Wildman–Crippen LogP) is 1.71. The Morgan fingerprint density at radius 1 is 1.42 bits per heavy atom. The summed E-state index contributed by atoms with van der Waals surface area (Å²) in [7, 11) is 0. The van der Waals surface area contributed by atoms with Gasteiger partial charge < -0.3 is 10.8 Å². The Labute approximate surface area is 91.7 Å². The molecule has 0 aromatic heterocycles.